The highest BCUT2D eigenvalue weighted by Gasteiger charge is 2.22. The molecule has 0 bridgehead atoms. The number of benzene rings is 10. The summed E-state index contributed by atoms with van der Waals surface area (Å²) in [5.41, 5.74) is 13.2. The third-order valence-electron chi connectivity index (χ3n) is 12.0. The Kier molecular flexibility index (Phi) is 7.54. The lowest BCUT2D eigenvalue weighted by Gasteiger charge is -2.29. The van der Waals surface area contributed by atoms with E-state index in [0.717, 1.165) is 66.8 Å². The Morgan fingerprint density at radius 3 is 1.76 bits per heavy atom. The number of fused-ring (bicyclic) bond motifs is 9. The van der Waals surface area contributed by atoms with E-state index in [4.69, 9.17) is 4.42 Å². The summed E-state index contributed by atoms with van der Waals surface area (Å²) in [5.74, 6) is 0. The Morgan fingerprint density at radius 1 is 0.373 bits per heavy atom. The second kappa shape index (κ2) is 13.4. The van der Waals surface area contributed by atoms with Crippen LogP contribution in [0.1, 0.15) is 0 Å². The van der Waals surface area contributed by atoms with E-state index in [1.54, 1.807) is 0 Å². The van der Waals surface area contributed by atoms with Crippen LogP contribution in [0.3, 0.4) is 0 Å². The Balaban J connectivity index is 1.02. The van der Waals surface area contributed by atoms with Gasteiger partial charge in [-0.1, -0.05) is 158 Å². The molecule has 2 aromatic heterocycles. The van der Waals surface area contributed by atoms with Crippen molar-refractivity contribution in [2.75, 3.05) is 4.90 Å². The minimum Gasteiger partial charge on any atom is -0.455 e. The quantitative estimate of drug-likeness (QED) is 0.169. The molecule has 0 atom stereocenters. The van der Waals surface area contributed by atoms with E-state index < -0.39 is 0 Å². The molecular weight excluding hydrogens is 717 g/mol. The van der Waals surface area contributed by atoms with Crippen molar-refractivity contribution in [1.82, 2.24) is 4.57 Å². The predicted octanol–water partition coefficient (Wildman–Crippen LogP) is 15.8. The van der Waals surface area contributed by atoms with Crippen LogP contribution in [-0.2, 0) is 0 Å². The van der Waals surface area contributed by atoms with E-state index in [2.05, 4.69) is 228 Å². The van der Waals surface area contributed by atoms with Crippen molar-refractivity contribution < 1.29 is 4.42 Å². The van der Waals surface area contributed by atoms with Gasteiger partial charge in [-0.15, -0.1) is 0 Å². The zero-order valence-corrected chi connectivity index (χ0v) is 32.1. The van der Waals surface area contributed by atoms with Gasteiger partial charge < -0.3 is 13.9 Å². The second-order valence-electron chi connectivity index (χ2n) is 15.3. The third-order valence-corrected chi connectivity index (χ3v) is 12.0. The van der Waals surface area contributed by atoms with Crippen LogP contribution in [0.5, 0.6) is 0 Å². The average Bonchev–Trinajstić information content (AvgIpc) is 3.86. The summed E-state index contributed by atoms with van der Waals surface area (Å²) in [6, 6.07) is 78.7. The molecule has 0 saturated carbocycles. The minimum absolute atomic E-state index is 0.882. The number of para-hydroxylation sites is 3. The Bertz CT molecular complexity index is 3510. The topological polar surface area (TPSA) is 21.3 Å². The van der Waals surface area contributed by atoms with Crippen molar-refractivity contribution in [3.63, 3.8) is 0 Å². The average molecular weight is 753 g/mol. The summed E-state index contributed by atoms with van der Waals surface area (Å²) in [6.45, 7) is 0. The maximum absolute atomic E-state index is 6.67. The number of hydrogen-bond acceptors (Lipinski definition) is 2. The molecule has 0 spiro atoms. The Morgan fingerprint density at radius 2 is 0.966 bits per heavy atom. The van der Waals surface area contributed by atoms with Crippen LogP contribution >= 0.6 is 0 Å². The summed E-state index contributed by atoms with van der Waals surface area (Å²) >= 11 is 0. The van der Waals surface area contributed by atoms with Crippen LogP contribution in [0.2, 0.25) is 0 Å². The van der Waals surface area contributed by atoms with Gasteiger partial charge in [0.25, 0.3) is 0 Å². The molecule has 0 aliphatic carbocycles. The van der Waals surface area contributed by atoms with E-state index in [9.17, 15) is 0 Å². The van der Waals surface area contributed by atoms with E-state index in [1.165, 1.54) is 43.5 Å². The van der Waals surface area contributed by atoms with Crippen LogP contribution in [0.4, 0.5) is 17.1 Å². The molecule has 0 N–H and O–H groups in total. The fourth-order valence-electron chi connectivity index (χ4n) is 9.31. The van der Waals surface area contributed by atoms with Crippen molar-refractivity contribution in [2.45, 2.75) is 0 Å². The molecule has 12 rings (SSSR count). The van der Waals surface area contributed by atoms with Gasteiger partial charge in [0.15, 0.2) is 0 Å². The highest BCUT2D eigenvalue weighted by molar-refractivity contribution is 6.20. The predicted molar refractivity (Wildman–Crippen MR) is 249 cm³/mol. The first-order chi connectivity index (χ1) is 29.3. The van der Waals surface area contributed by atoms with Crippen LogP contribution < -0.4 is 4.90 Å². The molecule has 2 heterocycles. The molecule has 59 heavy (non-hydrogen) atoms. The first kappa shape index (κ1) is 33.3. The lowest BCUT2D eigenvalue weighted by molar-refractivity contribution is 0.673. The number of furan rings is 1. The van der Waals surface area contributed by atoms with Gasteiger partial charge in [0.05, 0.1) is 22.4 Å². The van der Waals surface area contributed by atoms with Crippen molar-refractivity contribution in [3.05, 3.63) is 218 Å². The standard InChI is InChI=1S/C56H36N2O/c1-3-19-43-38(14-1)16-12-28-50(43)57(53-27-10-7-23-47(53)48-24-13-29-54-55(48)49-35-32-39-15-2-4-20-44(39)56(49)59-54)41-33-30-37(31-34-41)40-17-11-18-42(36-40)58-51-25-8-5-21-45(51)46-22-6-9-26-52(46)58/h1-36H. The summed E-state index contributed by atoms with van der Waals surface area (Å²) in [6.07, 6.45) is 0. The molecule has 0 radical (unpaired) electrons. The lowest BCUT2D eigenvalue weighted by Crippen LogP contribution is -2.11. The van der Waals surface area contributed by atoms with Gasteiger partial charge in [0.1, 0.15) is 11.2 Å². The molecule has 10 aromatic carbocycles. The van der Waals surface area contributed by atoms with Gasteiger partial charge in [-0.05, 0) is 88.1 Å². The Labute approximate surface area is 341 Å². The zero-order valence-electron chi connectivity index (χ0n) is 32.1. The third kappa shape index (κ3) is 5.29. The van der Waals surface area contributed by atoms with Crippen LogP contribution in [0, 0.1) is 0 Å². The fraction of sp³-hybridized carbons (Fsp3) is 0. The molecule has 276 valence electrons. The Hall–Kier alpha value is -7.88. The minimum atomic E-state index is 0.882. The van der Waals surface area contributed by atoms with Crippen molar-refractivity contribution >= 4 is 82.4 Å². The van der Waals surface area contributed by atoms with Gasteiger partial charge >= 0.3 is 0 Å². The fourth-order valence-corrected chi connectivity index (χ4v) is 9.31. The summed E-state index contributed by atoms with van der Waals surface area (Å²) < 4.78 is 9.05. The van der Waals surface area contributed by atoms with E-state index in [1.807, 2.05) is 0 Å². The molecule has 0 aliphatic rings. The molecular formula is C56H36N2O. The van der Waals surface area contributed by atoms with Crippen LogP contribution in [0.25, 0.3) is 93.2 Å². The number of hydrogen-bond donors (Lipinski definition) is 0. The number of aromatic nitrogens is 1. The monoisotopic (exact) mass is 752 g/mol. The number of nitrogens with zero attached hydrogens (tertiary/aromatic N) is 2. The van der Waals surface area contributed by atoms with Gasteiger partial charge in [0.2, 0.25) is 0 Å². The smallest absolute Gasteiger partial charge is 0.143 e. The van der Waals surface area contributed by atoms with Crippen molar-refractivity contribution in [3.8, 4) is 27.9 Å². The normalized spacial score (nSPS) is 11.7. The highest BCUT2D eigenvalue weighted by atomic mass is 16.3. The molecule has 0 fully saturated rings. The van der Waals surface area contributed by atoms with Gasteiger partial charge in [-0.25, -0.2) is 0 Å². The molecule has 0 saturated heterocycles. The summed E-state index contributed by atoms with van der Waals surface area (Å²) in [4.78, 5) is 2.42. The van der Waals surface area contributed by atoms with E-state index in [-0.39, 0.29) is 0 Å². The molecule has 12 aromatic rings. The molecule has 3 nitrogen and oxygen atoms in total. The molecule has 0 aliphatic heterocycles. The highest BCUT2D eigenvalue weighted by Crippen LogP contribution is 2.47. The first-order valence-corrected chi connectivity index (χ1v) is 20.2. The molecule has 0 unspecified atom stereocenters. The maximum Gasteiger partial charge on any atom is 0.143 e. The van der Waals surface area contributed by atoms with Crippen molar-refractivity contribution in [1.29, 1.82) is 0 Å². The van der Waals surface area contributed by atoms with Crippen molar-refractivity contribution in [2.24, 2.45) is 0 Å². The zero-order chi connectivity index (χ0) is 38.9. The van der Waals surface area contributed by atoms with Crippen LogP contribution in [-0.4, -0.2) is 4.57 Å². The second-order valence-corrected chi connectivity index (χ2v) is 15.3. The van der Waals surface area contributed by atoms with Gasteiger partial charge in [-0.2, -0.15) is 0 Å². The first-order valence-electron chi connectivity index (χ1n) is 20.2. The summed E-state index contributed by atoms with van der Waals surface area (Å²) in [7, 11) is 0. The summed E-state index contributed by atoms with van der Waals surface area (Å²) in [5, 5.41) is 9.44. The molecule has 3 heteroatoms. The largest absolute Gasteiger partial charge is 0.455 e. The number of anilines is 3. The SMILES string of the molecule is c1cc(-c2ccc(N(c3ccccc3-c3cccc4oc5c6ccccc6ccc5c34)c3cccc4ccccc34)cc2)cc(-n2c3ccccc3c3ccccc32)c1. The maximum atomic E-state index is 6.67. The van der Waals surface area contributed by atoms with E-state index >= 15 is 0 Å². The molecule has 0 amide bonds. The van der Waals surface area contributed by atoms with Gasteiger partial charge in [-0.3, -0.25) is 0 Å². The van der Waals surface area contributed by atoms with E-state index in [0.29, 0.717) is 0 Å². The van der Waals surface area contributed by atoms with Gasteiger partial charge in [0, 0.05) is 49.3 Å². The van der Waals surface area contributed by atoms with Crippen LogP contribution in [0.15, 0.2) is 223 Å². The lowest BCUT2D eigenvalue weighted by atomic mass is 9.95. The number of rotatable bonds is 6.